The summed E-state index contributed by atoms with van der Waals surface area (Å²) in [7, 11) is 0. The maximum Gasteiger partial charge on any atom is 0.251 e. The van der Waals surface area contributed by atoms with Crippen LogP contribution in [0.3, 0.4) is 0 Å². The number of hydrogen-bond acceptors (Lipinski definition) is 3. The Kier molecular flexibility index (Phi) is 6.12. The van der Waals surface area contributed by atoms with Crippen molar-refractivity contribution in [2.75, 3.05) is 23.3 Å². The van der Waals surface area contributed by atoms with Gasteiger partial charge in [-0.2, -0.15) is 0 Å². The standard InChI is InChI=1S/C22H27N3O2/c1-3-16(2)23-22(27)18-9-6-11-19(14-18)24-21(26)15-25-13-7-10-17-8-4-5-12-20(17)25/h4-6,8-9,11-12,14,16H,3,7,10,13,15H2,1-2H3,(H,23,27)(H,24,26). The summed E-state index contributed by atoms with van der Waals surface area (Å²) in [5.74, 6) is -0.198. The molecule has 0 bridgehead atoms. The van der Waals surface area contributed by atoms with Crippen molar-refractivity contribution in [3.63, 3.8) is 0 Å². The molecule has 1 aliphatic heterocycles. The van der Waals surface area contributed by atoms with Crippen molar-refractivity contribution in [3.8, 4) is 0 Å². The average molecular weight is 365 g/mol. The van der Waals surface area contributed by atoms with E-state index < -0.39 is 0 Å². The Hall–Kier alpha value is -2.82. The number of fused-ring (bicyclic) bond motifs is 1. The molecular weight excluding hydrogens is 338 g/mol. The monoisotopic (exact) mass is 365 g/mol. The SMILES string of the molecule is CCC(C)NC(=O)c1cccc(NC(=O)CN2CCCc3ccccc32)c1. The molecule has 0 spiro atoms. The lowest BCUT2D eigenvalue weighted by atomic mass is 10.0. The number of nitrogens with one attached hydrogen (secondary N) is 2. The van der Waals surface area contributed by atoms with E-state index >= 15 is 0 Å². The summed E-state index contributed by atoms with van der Waals surface area (Å²) in [5.41, 5.74) is 3.62. The van der Waals surface area contributed by atoms with Gasteiger partial charge in [-0.15, -0.1) is 0 Å². The quantitative estimate of drug-likeness (QED) is 0.822. The van der Waals surface area contributed by atoms with Gasteiger partial charge in [0.05, 0.1) is 6.54 Å². The predicted molar refractivity (Wildman–Crippen MR) is 109 cm³/mol. The Labute approximate surface area is 160 Å². The minimum absolute atomic E-state index is 0.0776. The van der Waals surface area contributed by atoms with E-state index in [1.165, 1.54) is 5.56 Å². The van der Waals surface area contributed by atoms with E-state index in [1.54, 1.807) is 18.2 Å². The van der Waals surface area contributed by atoms with Crippen LogP contribution in [0.25, 0.3) is 0 Å². The van der Waals surface area contributed by atoms with Crippen LogP contribution in [-0.4, -0.2) is 30.9 Å². The van der Waals surface area contributed by atoms with Crippen molar-refractivity contribution in [3.05, 3.63) is 59.7 Å². The van der Waals surface area contributed by atoms with Gasteiger partial charge in [0.1, 0.15) is 0 Å². The molecule has 1 unspecified atom stereocenters. The molecule has 142 valence electrons. The van der Waals surface area contributed by atoms with Crippen LogP contribution >= 0.6 is 0 Å². The molecule has 5 nitrogen and oxygen atoms in total. The average Bonchev–Trinajstić information content (AvgIpc) is 2.68. The van der Waals surface area contributed by atoms with Crippen LogP contribution in [0.1, 0.15) is 42.6 Å². The minimum Gasteiger partial charge on any atom is -0.362 e. The third-order valence-corrected chi connectivity index (χ3v) is 4.94. The third kappa shape index (κ3) is 4.88. The molecule has 0 radical (unpaired) electrons. The molecule has 0 saturated heterocycles. The molecule has 0 saturated carbocycles. The number of aryl methyl sites for hydroxylation is 1. The first kappa shape index (κ1) is 19.0. The van der Waals surface area contributed by atoms with E-state index in [9.17, 15) is 9.59 Å². The zero-order valence-electron chi connectivity index (χ0n) is 16.0. The van der Waals surface area contributed by atoms with Gasteiger partial charge in [-0.05, 0) is 56.0 Å². The normalized spacial score (nSPS) is 14.2. The highest BCUT2D eigenvalue weighted by Gasteiger charge is 2.19. The largest absolute Gasteiger partial charge is 0.362 e. The van der Waals surface area contributed by atoms with E-state index in [0.717, 1.165) is 31.5 Å². The van der Waals surface area contributed by atoms with Gasteiger partial charge in [-0.1, -0.05) is 31.2 Å². The summed E-state index contributed by atoms with van der Waals surface area (Å²) in [4.78, 5) is 26.9. The van der Waals surface area contributed by atoms with Crippen LogP contribution in [0.4, 0.5) is 11.4 Å². The highest BCUT2D eigenvalue weighted by Crippen LogP contribution is 2.26. The fraction of sp³-hybridized carbons (Fsp3) is 0.364. The number of carbonyl (C=O) groups excluding carboxylic acids is 2. The summed E-state index contributed by atoms with van der Waals surface area (Å²) in [6.45, 7) is 5.18. The van der Waals surface area contributed by atoms with Gasteiger partial charge >= 0.3 is 0 Å². The van der Waals surface area contributed by atoms with E-state index in [4.69, 9.17) is 0 Å². The smallest absolute Gasteiger partial charge is 0.251 e. The molecule has 2 aromatic carbocycles. The lowest BCUT2D eigenvalue weighted by molar-refractivity contribution is -0.115. The van der Waals surface area contributed by atoms with Crippen molar-refractivity contribution in [1.29, 1.82) is 0 Å². The predicted octanol–water partition coefficient (Wildman–Crippen LogP) is 3.61. The fourth-order valence-corrected chi connectivity index (χ4v) is 3.30. The summed E-state index contributed by atoms with van der Waals surface area (Å²) in [5, 5.41) is 5.87. The maximum absolute atomic E-state index is 12.5. The number of nitrogens with zero attached hydrogens (tertiary/aromatic N) is 1. The van der Waals surface area contributed by atoms with Crippen molar-refractivity contribution >= 4 is 23.2 Å². The zero-order valence-corrected chi connectivity index (χ0v) is 16.0. The topological polar surface area (TPSA) is 61.4 Å². The molecule has 1 heterocycles. The van der Waals surface area contributed by atoms with Crippen molar-refractivity contribution in [2.24, 2.45) is 0 Å². The zero-order chi connectivity index (χ0) is 19.2. The molecule has 1 aliphatic rings. The number of para-hydroxylation sites is 1. The lowest BCUT2D eigenvalue weighted by Gasteiger charge is -2.30. The molecule has 3 rings (SSSR count). The molecule has 5 heteroatoms. The Bertz CT molecular complexity index is 819. The van der Waals surface area contributed by atoms with E-state index in [2.05, 4.69) is 27.7 Å². The van der Waals surface area contributed by atoms with E-state index in [-0.39, 0.29) is 17.9 Å². The molecule has 2 amide bonds. The number of rotatable bonds is 6. The maximum atomic E-state index is 12.5. The number of anilines is 2. The van der Waals surface area contributed by atoms with Crippen LogP contribution in [0, 0.1) is 0 Å². The van der Waals surface area contributed by atoms with Gasteiger partial charge in [-0.3, -0.25) is 9.59 Å². The second kappa shape index (κ2) is 8.71. The molecule has 1 atom stereocenters. The molecule has 2 N–H and O–H groups in total. The first-order valence-electron chi connectivity index (χ1n) is 9.60. The second-order valence-corrected chi connectivity index (χ2v) is 7.07. The summed E-state index contributed by atoms with van der Waals surface area (Å²) >= 11 is 0. The van der Waals surface area contributed by atoms with Crippen LogP contribution < -0.4 is 15.5 Å². The summed E-state index contributed by atoms with van der Waals surface area (Å²) in [6, 6.07) is 15.4. The highest BCUT2D eigenvalue weighted by atomic mass is 16.2. The van der Waals surface area contributed by atoms with E-state index in [0.29, 0.717) is 17.8 Å². The summed E-state index contributed by atoms with van der Waals surface area (Å²) in [6.07, 6.45) is 2.98. The Morgan fingerprint density at radius 1 is 1.15 bits per heavy atom. The van der Waals surface area contributed by atoms with Gasteiger partial charge in [0.2, 0.25) is 5.91 Å². The molecule has 2 aromatic rings. The number of hydrogen-bond donors (Lipinski definition) is 2. The van der Waals surface area contributed by atoms with Gasteiger partial charge in [0.25, 0.3) is 5.91 Å². The Morgan fingerprint density at radius 3 is 2.78 bits per heavy atom. The van der Waals surface area contributed by atoms with Crippen LogP contribution in [0.15, 0.2) is 48.5 Å². The Balaban J connectivity index is 1.63. The fourth-order valence-electron chi connectivity index (χ4n) is 3.30. The van der Waals surface area contributed by atoms with Gasteiger partial charge in [-0.25, -0.2) is 0 Å². The van der Waals surface area contributed by atoms with Gasteiger partial charge in [0, 0.05) is 29.5 Å². The number of amides is 2. The molecule has 0 fully saturated rings. The van der Waals surface area contributed by atoms with Gasteiger partial charge < -0.3 is 15.5 Å². The third-order valence-electron chi connectivity index (χ3n) is 4.94. The molecule has 0 aromatic heterocycles. The Morgan fingerprint density at radius 2 is 1.96 bits per heavy atom. The van der Waals surface area contributed by atoms with Gasteiger partial charge in [0.15, 0.2) is 0 Å². The number of benzene rings is 2. The summed E-state index contributed by atoms with van der Waals surface area (Å²) < 4.78 is 0. The lowest BCUT2D eigenvalue weighted by Crippen LogP contribution is -2.36. The van der Waals surface area contributed by atoms with Crippen LogP contribution in [-0.2, 0) is 11.2 Å². The molecule has 0 aliphatic carbocycles. The molecular formula is C22H27N3O2. The highest BCUT2D eigenvalue weighted by molar-refractivity contribution is 5.98. The molecule has 27 heavy (non-hydrogen) atoms. The van der Waals surface area contributed by atoms with Crippen LogP contribution in [0.5, 0.6) is 0 Å². The van der Waals surface area contributed by atoms with Crippen molar-refractivity contribution in [2.45, 2.75) is 39.2 Å². The minimum atomic E-state index is -0.120. The van der Waals surface area contributed by atoms with E-state index in [1.807, 2.05) is 32.0 Å². The van der Waals surface area contributed by atoms with Crippen molar-refractivity contribution < 1.29 is 9.59 Å². The second-order valence-electron chi connectivity index (χ2n) is 7.07. The first-order valence-corrected chi connectivity index (χ1v) is 9.60. The van der Waals surface area contributed by atoms with Crippen LogP contribution in [0.2, 0.25) is 0 Å². The first-order chi connectivity index (χ1) is 13.1. The number of carbonyl (C=O) groups is 2. The van der Waals surface area contributed by atoms with Crippen molar-refractivity contribution in [1.82, 2.24) is 5.32 Å².